The third-order valence-corrected chi connectivity index (χ3v) is 4.76. The number of hydrogen-bond acceptors (Lipinski definition) is 9. The van der Waals surface area contributed by atoms with E-state index in [4.69, 9.17) is 19.9 Å². The van der Waals surface area contributed by atoms with Gasteiger partial charge in [-0.15, -0.1) is 11.8 Å². The van der Waals surface area contributed by atoms with E-state index in [-0.39, 0.29) is 30.2 Å². The Hall–Kier alpha value is -1.78. The molecular weight excluding hydrogens is 340 g/mol. The first-order valence-electron chi connectivity index (χ1n) is 7.36. The zero-order valence-electron chi connectivity index (χ0n) is 13.6. The van der Waals surface area contributed by atoms with Gasteiger partial charge >= 0.3 is 12.1 Å². The maximum absolute atomic E-state index is 12.5. The Bertz CT molecular complexity index is 565. The number of fused-ring (bicyclic) bond motifs is 1. The van der Waals surface area contributed by atoms with E-state index in [1.165, 1.54) is 30.7 Å². The van der Waals surface area contributed by atoms with Gasteiger partial charge in [-0.2, -0.15) is 0 Å². The molecule has 2 N–H and O–H groups in total. The van der Waals surface area contributed by atoms with Crippen LogP contribution in [-0.4, -0.2) is 66.7 Å². The van der Waals surface area contributed by atoms with E-state index in [9.17, 15) is 14.4 Å². The van der Waals surface area contributed by atoms with Gasteiger partial charge < -0.3 is 24.7 Å². The Kier molecular flexibility index (Phi) is 6.08. The minimum atomic E-state index is -1.16. The number of nitrogens with two attached hydrogens (primary N) is 1. The van der Waals surface area contributed by atoms with E-state index in [1.807, 2.05) is 0 Å². The van der Waals surface area contributed by atoms with Crippen LogP contribution >= 0.6 is 11.8 Å². The molecule has 3 atom stereocenters. The van der Waals surface area contributed by atoms with Crippen LogP contribution in [0, 0.1) is 0 Å². The fraction of sp³-hybridized carbons (Fsp3) is 0.643. The van der Waals surface area contributed by atoms with Crippen molar-refractivity contribution in [2.75, 3.05) is 26.1 Å². The van der Waals surface area contributed by atoms with E-state index >= 15 is 0 Å². The summed E-state index contributed by atoms with van der Waals surface area (Å²) in [5.41, 5.74) is 6.48. The van der Waals surface area contributed by atoms with Crippen molar-refractivity contribution in [3.8, 4) is 0 Å². The molecule has 0 bridgehead atoms. The van der Waals surface area contributed by atoms with Gasteiger partial charge in [0.1, 0.15) is 17.1 Å². The average Bonchev–Trinajstić information content (AvgIpc) is 2.53. The fourth-order valence-electron chi connectivity index (χ4n) is 2.37. The van der Waals surface area contributed by atoms with Gasteiger partial charge in [0.15, 0.2) is 0 Å². The number of hydrogen-bond donors (Lipinski definition) is 1. The Morgan fingerprint density at radius 3 is 2.75 bits per heavy atom. The van der Waals surface area contributed by atoms with E-state index in [0.29, 0.717) is 11.3 Å². The lowest BCUT2D eigenvalue weighted by Crippen LogP contribution is -2.68. The Morgan fingerprint density at radius 1 is 1.42 bits per heavy atom. The molecule has 2 heterocycles. The number of carbonyl (C=O) groups is 3. The molecule has 134 valence electrons. The highest BCUT2D eigenvalue weighted by molar-refractivity contribution is 8.00. The van der Waals surface area contributed by atoms with E-state index in [1.54, 1.807) is 6.92 Å². The smallest absolute Gasteiger partial charge is 0.435 e. The highest BCUT2D eigenvalue weighted by Gasteiger charge is 2.52. The summed E-state index contributed by atoms with van der Waals surface area (Å²) in [5.74, 6) is -0.635. The van der Waals surface area contributed by atoms with Gasteiger partial charge in [-0.3, -0.25) is 9.69 Å². The molecule has 2 unspecified atom stereocenters. The molecule has 0 aromatic carbocycles. The number of carbonyl (C=O) groups excluding carboxylic acids is 3. The summed E-state index contributed by atoms with van der Waals surface area (Å²) in [7, 11) is 1.49. The second-order valence-corrected chi connectivity index (χ2v) is 6.20. The van der Waals surface area contributed by atoms with Crippen LogP contribution in [-0.2, 0) is 28.5 Å². The molecule has 2 aliphatic heterocycles. The van der Waals surface area contributed by atoms with Crippen molar-refractivity contribution in [2.45, 2.75) is 31.6 Å². The summed E-state index contributed by atoms with van der Waals surface area (Å²) in [6.07, 6.45) is -2.10. The number of thioether (sulfide) groups is 1. The van der Waals surface area contributed by atoms with Crippen LogP contribution in [0.3, 0.4) is 0 Å². The minimum Gasteiger partial charge on any atom is -0.435 e. The fourth-order valence-corrected chi connectivity index (χ4v) is 3.65. The molecule has 0 radical (unpaired) electrons. The number of rotatable bonds is 6. The van der Waals surface area contributed by atoms with Crippen molar-refractivity contribution in [3.05, 3.63) is 11.3 Å². The number of methoxy groups -OCH3 is 1. The van der Waals surface area contributed by atoms with Gasteiger partial charge in [-0.1, -0.05) is 0 Å². The van der Waals surface area contributed by atoms with Crippen LogP contribution in [0.1, 0.15) is 13.8 Å². The number of ether oxygens (including phenoxy) is 4. The van der Waals surface area contributed by atoms with E-state index < -0.39 is 24.5 Å². The second kappa shape index (κ2) is 7.86. The lowest BCUT2D eigenvalue weighted by atomic mass is 10.0. The first kappa shape index (κ1) is 18.6. The van der Waals surface area contributed by atoms with Crippen LogP contribution in [0.5, 0.6) is 0 Å². The van der Waals surface area contributed by atoms with Gasteiger partial charge in [-0.05, 0) is 12.5 Å². The summed E-state index contributed by atoms with van der Waals surface area (Å²) >= 11 is 1.46. The monoisotopic (exact) mass is 360 g/mol. The molecule has 0 aliphatic carbocycles. The summed E-state index contributed by atoms with van der Waals surface area (Å²) < 4.78 is 19.6. The predicted octanol–water partition coefficient (Wildman–Crippen LogP) is 0.192. The molecule has 9 nitrogen and oxygen atoms in total. The van der Waals surface area contributed by atoms with Crippen LogP contribution in [0.25, 0.3) is 0 Å². The molecule has 0 spiro atoms. The maximum atomic E-state index is 12.5. The second-order valence-electron chi connectivity index (χ2n) is 5.09. The topological polar surface area (TPSA) is 117 Å². The number of amides is 1. The van der Waals surface area contributed by atoms with Gasteiger partial charge in [0.05, 0.1) is 13.2 Å². The van der Waals surface area contributed by atoms with Crippen LogP contribution < -0.4 is 5.73 Å². The Labute approximate surface area is 143 Å². The lowest BCUT2D eigenvalue weighted by Gasteiger charge is -2.48. The van der Waals surface area contributed by atoms with Crippen molar-refractivity contribution in [1.82, 2.24) is 4.90 Å². The van der Waals surface area contributed by atoms with Gasteiger partial charge in [-0.25, -0.2) is 9.59 Å². The standard InChI is InChI=1S/C14H20N2O7S/c1-4-21-14(19)23-7(2)22-13(18)10-8(5-20-3)6-24-12-9(15)11(17)16(10)12/h7,9,12H,4-6,15H2,1-3H3/t7?,9?,12-/m0/s1. The molecule has 10 heteroatoms. The third-order valence-electron chi connectivity index (χ3n) is 3.40. The normalized spacial score (nSPS) is 24.0. The molecule has 1 saturated heterocycles. The van der Waals surface area contributed by atoms with Gasteiger partial charge in [0.25, 0.3) is 0 Å². The molecule has 0 aromatic rings. The molecule has 1 fully saturated rings. The molecule has 2 rings (SSSR count). The maximum Gasteiger partial charge on any atom is 0.511 e. The van der Waals surface area contributed by atoms with Crippen molar-refractivity contribution in [3.63, 3.8) is 0 Å². The first-order chi connectivity index (χ1) is 11.4. The molecule has 0 aromatic heterocycles. The zero-order valence-corrected chi connectivity index (χ0v) is 14.5. The molecule has 0 saturated carbocycles. The largest absolute Gasteiger partial charge is 0.511 e. The van der Waals surface area contributed by atoms with Crippen molar-refractivity contribution in [2.24, 2.45) is 5.73 Å². The van der Waals surface area contributed by atoms with Crippen LogP contribution in [0.15, 0.2) is 11.3 Å². The molecule has 2 aliphatic rings. The van der Waals surface area contributed by atoms with Crippen LogP contribution in [0.2, 0.25) is 0 Å². The molecular formula is C14H20N2O7S. The number of β-lactam (4-membered cyclic amide) rings is 1. The summed E-state index contributed by atoms with van der Waals surface area (Å²) in [4.78, 5) is 37.0. The highest BCUT2D eigenvalue weighted by Crippen LogP contribution is 2.39. The predicted molar refractivity (Wildman–Crippen MR) is 83.6 cm³/mol. The summed E-state index contributed by atoms with van der Waals surface area (Å²) in [5, 5.41) is -0.304. The number of nitrogens with zero attached hydrogens (tertiary/aromatic N) is 1. The Balaban J connectivity index is 2.11. The minimum absolute atomic E-state index is 0.103. The van der Waals surface area contributed by atoms with E-state index in [0.717, 1.165) is 0 Å². The van der Waals surface area contributed by atoms with Crippen molar-refractivity contribution < 1.29 is 33.3 Å². The highest BCUT2D eigenvalue weighted by atomic mass is 32.2. The third kappa shape index (κ3) is 3.65. The number of esters is 1. The van der Waals surface area contributed by atoms with Crippen molar-refractivity contribution in [1.29, 1.82) is 0 Å². The SMILES string of the molecule is CCOC(=O)OC(C)OC(=O)C1=C(COC)CS[C@H]2C(N)C(=O)N12. The zero-order chi connectivity index (χ0) is 17.9. The quantitative estimate of drug-likeness (QED) is 0.402. The lowest BCUT2D eigenvalue weighted by molar-refractivity contribution is -0.168. The van der Waals surface area contributed by atoms with Crippen LogP contribution in [0.4, 0.5) is 4.79 Å². The van der Waals surface area contributed by atoms with E-state index in [2.05, 4.69) is 4.74 Å². The van der Waals surface area contributed by atoms with Gasteiger partial charge in [0, 0.05) is 19.8 Å². The first-order valence-corrected chi connectivity index (χ1v) is 8.41. The summed E-state index contributed by atoms with van der Waals surface area (Å²) in [6.45, 7) is 3.32. The summed E-state index contributed by atoms with van der Waals surface area (Å²) in [6, 6.07) is -0.643. The Morgan fingerprint density at radius 2 is 2.12 bits per heavy atom. The molecule has 1 amide bonds. The van der Waals surface area contributed by atoms with Crippen molar-refractivity contribution >= 4 is 29.8 Å². The van der Waals surface area contributed by atoms with Gasteiger partial charge in [0.2, 0.25) is 12.2 Å². The molecule has 24 heavy (non-hydrogen) atoms. The average molecular weight is 360 g/mol.